The van der Waals surface area contributed by atoms with E-state index in [4.69, 9.17) is 19.4 Å². The fourth-order valence-corrected chi connectivity index (χ4v) is 10.5. The van der Waals surface area contributed by atoms with Gasteiger partial charge in [0, 0.05) is 7.92 Å². The second kappa shape index (κ2) is 13.8. The van der Waals surface area contributed by atoms with Gasteiger partial charge in [0.05, 0.1) is 17.0 Å². The molecule has 3 aliphatic carbocycles. The summed E-state index contributed by atoms with van der Waals surface area (Å²) in [7, 11) is 9.66. The van der Waals surface area contributed by atoms with Gasteiger partial charge in [0.15, 0.2) is 0 Å². The van der Waals surface area contributed by atoms with Crippen LogP contribution in [0.15, 0.2) is 0 Å². The van der Waals surface area contributed by atoms with E-state index in [-0.39, 0.29) is 30.5 Å². The second-order valence-corrected chi connectivity index (χ2v) is 13.6. The molecule has 23 heavy (non-hydrogen) atoms. The Hall–Kier alpha value is 1.63. The minimum absolute atomic E-state index is 0. The van der Waals surface area contributed by atoms with Crippen molar-refractivity contribution in [2.75, 3.05) is 0 Å². The second-order valence-electron chi connectivity index (χ2n) is 7.56. The molecular formula is C19H37Cl2PRu. The van der Waals surface area contributed by atoms with E-state index in [0.29, 0.717) is 0 Å². The van der Waals surface area contributed by atoms with Crippen LogP contribution in [0, 0.1) is 7.43 Å². The van der Waals surface area contributed by atoms with Crippen LogP contribution in [0.1, 0.15) is 96.3 Å². The zero-order valence-electron chi connectivity index (χ0n) is 14.9. The third kappa shape index (κ3) is 7.81. The fraction of sp³-hybridized carbons (Fsp3) is 0.947. The van der Waals surface area contributed by atoms with Crippen LogP contribution in [0.5, 0.6) is 0 Å². The molecule has 0 aromatic heterocycles. The van der Waals surface area contributed by atoms with Crippen LogP contribution in [0.2, 0.25) is 0 Å². The van der Waals surface area contributed by atoms with Gasteiger partial charge in [-0.15, -0.1) is 0 Å². The third-order valence-electron chi connectivity index (χ3n) is 6.23. The summed E-state index contributed by atoms with van der Waals surface area (Å²) in [6, 6.07) is 0. The first-order valence-corrected chi connectivity index (χ1v) is 15.8. The third-order valence-corrected chi connectivity index (χ3v) is 10.8. The van der Waals surface area contributed by atoms with Gasteiger partial charge >= 0.3 is 34.5 Å². The predicted octanol–water partition coefficient (Wildman–Crippen LogP) is 8.03. The molecule has 4 heteroatoms. The molecule has 3 rings (SSSR count). The van der Waals surface area contributed by atoms with Crippen molar-refractivity contribution in [1.29, 1.82) is 0 Å². The molecular weight excluding hydrogens is 431 g/mol. The van der Waals surface area contributed by atoms with Crippen LogP contribution in [0.4, 0.5) is 0 Å². The Balaban J connectivity index is 0.000000615. The van der Waals surface area contributed by atoms with Gasteiger partial charge in [-0.2, -0.15) is 0 Å². The van der Waals surface area contributed by atoms with Gasteiger partial charge in [-0.05, 0) is 77.0 Å². The quantitative estimate of drug-likeness (QED) is 0.223. The maximum atomic E-state index is 4.85. The summed E-state index contributed by atoms with van der Waals surface area (Å²) in [5, 5.41) is 0. The zero-order chi connectivity index (χ0) is 15.6. The van der Waals surface area contributed by atoms with Gasteiger partial charge < -0.3 is 7.43 Å². The predicted molar refractivity (Wildman–Crippen MR) is 107 cm³/mol. The van der Waals surface area contributed by atoms with Crippen LogP contribution >= 0.6 is 27.3 Å². The molecule has 0 heterocycles. The summed E-state index contributed by atoms with van der Waals surface area (Å²) in [6.45, 7) is 0. The molecule has 0 bridgehead atoms. The summed E-state index contributed by atoms with van der Waals surface area (Å²) in [5.74, 6) is 0. The molecule has 0 atom stereocenters. The SMILES string of the molecule is C1CCC([PH+](C2CCCCC2)C2CCCCC2)CC1.[CH3-].[Cl][Ru][Cl]. The molecule has 0 unspecified atom stereocenters. The summed E-state index contributed by atoms with van der Waals surface area (Å²) in [5.41, 5.74) is 3.68. The number of halogens is 2. The normalized spacial score (nSPS) is 24.8. The van der Waals surface area contributed by atoms with Gasteiger partial charge in [-0.1, -0.05) is 19.3 Å². The first-order valence-electron chi connectivity index (χ1n) is 9.58. The van der Waals surface area contributed by atoms with E-state index in [1.54, 1.807) is 96.3 Å². The van der Waals surface area contributed by atoms with E-state index >= 15 is 0 Å². The van der Waals surface area contributed by atoms with Gasteiger partial charge in [0.1, 0.15) is 0 Å². The van der Waals surface area contributed by atoms with E-state index < -0.39 is 0 Å². The molecule has 3 saturated carbocycles. The first-order chi connectivity index (χ1) is 10.9. The van der Waals surface area contributed by atoms with Crippen molar-refractivity contribution in [3.05, 3.63) is 7.43 Å². The average molecular weight is 468 g/mol. The topological polar surface area (TPSA) is 0 Å². The van der Waals surface area contributed by atoms with Crippen molar-refractivity contribution in [2.45, 2.75) is 113 Å². The van der Waals surface area contributed by atoms with E-state index in [2.05, 4.69) is 0 Å². The molecule has 0 radical (unpaired) electrons. The van der Waals surface area contributed by atoms with Gasteiger partial charge in [0.25, 0.3) is 0 Å². The number of hydrogen-bond acceptors (Lipinski definition) is 0. The molecule has 0 aromatic rings. The molecule has 140 valence electrons. The molecule has 0 aromatic carbocycles. The van der Waals surface area contributed by atoms with Crippen molar-refractivity contribution in [3.63, 3.8) is 0 Å². The summed E-state index contributed by atoms with van der Waals surface area (Å²) < 4.78 is 0. The monoisotopic (exact) mass is 468 g/mol. The summed E-state index contributed by atoms with van der Waals surface area (Å²) >= 11 is -0.346. The summed E-state index contributed by atoms with van der Waals surface area (Å²) in [4.78, 5) is 0. The van der Waals surface area contributed by atoms with Crippen molar-refractivity contribution in [1.82, 2.24) is 0 Å². The number of rotatable bonds is 3. The Kier molecular flexibility index (Phi) is 13.6. The molecule has 0 aliphatic heterocycles. The van der Waals surface area contributed by atoms with Crippen LogP contribution in [0.25, 0.3) is 0 Å². The average Bonchev–Trinajstić information content (AvgIpc) is 2.59. The Morgan fingerprint density at radius 2 is 0.739 bits per heavy atom. The molecule has 3 aliphatic rings. The molecule has 0 spiro atoms. The molecule has 0 N–H and O–H groups in total. The zero-order valence-corrected chi connectivity index (χ0v) is 19.2. The van der Waals surface area contributed by atoms with Gasteiger partial charge in [-0.3, -0.25) is 0 Å². The molecule has 0 amide bonds. The van der Waals surface area contributed by atoms with E-state index in [0.717, 1.165) is 0 Å². The van der Waals surface area contributed by atoms with Crippen LogP contribution < -0.4 is 0 Å². The maximum absolute atomic E-state index is 4.85. The minimum atomic E-state index is -0.346. The molecule has 0 saturated heterocycles. The van der Waals surface area contributed by atoms with E-state index in [1.165, 1.54) is 17.0 Å². The van der Waals surface area contributed by atoms with Crippen molar-refractivity contribution < 1.29 is 15.1 Å². The van der Waals surface area contributed by atoms with Crippen molar-refractivity contribution in [2.24, 2.45) is 0 Å². The standard InChI is InChI=1S/C18H33P.CH3.2ClH.Ru/c1-4-10-16(11-5-1)19(17-12-6-2-7-13-17)18-14-8-3-9-15-18;;;;/h16-18H,1-15H2;1H3;2*1H;/q;-1;;;+2/p-1. The van der Waals surface area contributed by atoms with Crippen LogP contribution in [0.3, 0.4) is 0 Å². The Bertz CT molecular complexity index is 230. The number of hydrogen-bond donors (Lipinski definition) is 0. The van der Waals surface area contributed by atoms with Crippen molar-refractivity contribution in [3.8, 4) is 0 Å². The van der Waals surface area contributed by atoms with Crippen molar-refractivity contribution >= 4 is 27.3 Å². The summed E-state index contributed by atoms with van der Waals surface area (Å²) in [6.07, 6.45) is 23.8. The first kappa shape index (κ1) is 22.7. The van der Waals surface area contributed by atoms with Crippen LogP contribution in [-0.4, -0.2) is 17.0 Å². The Labute approximate surface area is 162 Å². The van der Waals surface area contributed by atoms with Gasteiger partial charge in [-0.25, -0.2) is 0 Å². The molecule has 0 nitrogen and oxygen atoms in total. The van der Waals surface area contributed by atoms with Gasteiger partial charge in [0.2, 0.25) is 0 Å². The van der Waals surface area contributed by atoms with E-state index in [1.807, 2.05) is 0 Å². The Morgan fingerprint density at radius 3 is 0.957 bits per heavy atom. The van der Waals surface area contributed by atoms with E-state index in [9.17, 15) is 0 Å². The fourth-order valence-electron chi connectivity index (χ4n) is 5.31. The van der Waals surface area contributed by atoms with Crippen LogP contribution in [-0.2, 0) is 15.1 Å². The Morgan fingerprint density at radius 1 is 0.522 bits per heavy atom. The molecule has 3 fully saturated rings.